The molecule has 0 spiro atoms. The van der Waals surface area contributed by atoms with Crippen LogP contribution in [0.5, 0.6) is 5.75 Å². The first-order valence-corrected chi connectivity index (χ1v) is 8.38. The number of rotatable bonds is 9. The molecule has 1 aromatic carbocycles. The number of aliphatic hydroxyl groups excluding tert-OH is 2. The maximum atomic E-state index is 10.2. The SMILES string of the molecule is COc1ccccc1COC[C@@H](O)C[NH+]1CC[NH+](CCO)CC1. The highest BCUT2D eigenvalue weighted by atomic mass is 16.5. The van der Waals surface area contributed by atoms with Gasteiger partial charge < -0.3 is 29.5 Å². The molecule has 1 heterocycles. The van der Waals surface area contributed by atoms with Gasteiger partial charge in [-0.05, 0) is 6.07 Å². The van der Waals surface area contributed by atoms with Crippen LogP contribution >= 0.6 is 0 Å². The van der Waals surface area contributed by atoms with Crippen LogP contribution in [-0.2, 0) is 11.3 Å². The molecule has 6 heteroatoms. The second kappa shape index (κ2) is 9.85. The van der Waals surface area contributed by atoms with E-state index < -0.39 is 6.10 Å². The van der Waals surface area contributed by atoms with Crippen LogP contribution in [0.15, 0.2) is 24.3 Å². The van der Waals surface area contributed by atoms with Crippen LogP contribution in [0.2, 0.25) is 0 Å². The van der Waals surface area contributed by atoms with E-state index in [4.69, 9.17) is 14.6 Å². The van der Waals surface area contributed by atoms with Crippen LogP contribution in [-0.4, -0.2) is 75.9 Å². The van der Waals surface area contributed by atoms with Gasteiger partial charge in [-0.25, -0.2) is 0 Å². The Morgan fingerprint density at radius 1 is 1.13 bits per heavy atom. The fourth-order valence-electron chi connectivity index (χ4n) is 3.09. The first kappa shape index (κ1) is 18.2. The van der Waals surface area contributed by atoms with Gasteiger partial charge in [-0.3, -0.25) is 0 Å². The van der Waals surface area contributed by atoms with Gasteiger partial charge in [0.1, 0.15) is 51.1 Å². The summed E-state index contributed by atoms with van der Waals surface area (Å²) in [5.74, 6) is 0.815. The topological polar surface area (TPSA) is 67.8 Å². The maximum absolute atomic E-state index is 10.2. The van der Waals surface area contributed by atoms with Crippen molar-refractivity contribution in [3.63, 3.8) is 0 Å². The summed E-state index contributed by atoms with van der Waals surface area (Å²) in [4.78, 5) is 2.87. The van der Waals surface area contributed by atoms with Gasteiger partial charge in [0.25, 0.3) is 0 Å². The van der Waals surface area contributed by atoms with E-state index in [1.807, 2.05) is 24.3 Å². The zero-order valence-electron chi connectivity index (χ0n) is 14.0. The summed E-state index contributed by atoms with van der Waals surface area (Å²) in [7, 11) is 1.65. The van der Waals surface area contributed by atoms with Crippen LogP contribution in [0.25, 0.3) is 0 Å². The Bertz CT molecular complexity index is 450. The van der Waals surface area contributed by atoms with Crippen LogP contribution in [0.3, 0.4) is 0 Å². The van der Waals surface area contributed by atoms with E-state index in [1.54, 1.807) is 7.11 Å². The molecule has 2 rings (SSSR count). The molecule has 130 valence electrons. The smallest absolute Gasteiger partial charge is 0.127 e. The minimum atomic E-state index is -0.445. The number of hydrogen-bond acceptors (Lipinski definition) is 4. The summed E-state index contributed by atoms with van der Waals surface area (Å²) in [6.45, 7) is 6.80. The van der Waals surface area contributed by atoms with Gasteiger partial charge in [0.15, 0.2) is 0 Å². The molecule has 1 aliphatic heterocycles. The molecule has 0 aliphatic carbocycles. The van der Waals surface area contributed by atoms with Crippen molar-refractivity contribution in [2.24, 2.45) is 0 Å². The monoisotopic (exact) mass is 326 g/mol. The third-order valence-corrected chi connectivity index (χ3v) is 4.41. The van der Waals surface area contributed by atoms with Gasteiger partial charge in [0.2, 0.25) is 0 Å². The Balaban J connectivity index is 1.65. The van der Waals surface area contributed by atoms with Crippen molar-refractivity contribution in [3.8, 4) is 5.75 Å². The minimum absolute atomic E-state index is 0.254. The molecule has 1 fully saturated rings. The number of piperazine rings is 1. The van der Waals surface area contributed by atoms with E-state index in [1.165, 1.54) is 9.80 Å². The van der Waals surface area contributed by atoms with Crippen LogP contribution in [0, 0.1) is 0 Å². The summed E-state index contributed by atoms with van der Waals surface area (Å²) < 4.78 is 10.9. The Hall–Kier alpha value is -1.18. The second-order valence-corrected chi connectivity index (χ2v) is 6.16. The van der Waals surface area contributed by atoms with E-state index in [0.717, 1.165) is 50.6 Å². The van der Waals surface area contributed by atoms with E-state index in [2.05, 4.69) is 0 Å². The summed E-state index contributed by atoms with van der Waals surface area (Å²) in [5.41, 5.74) is 0.996. The maximum Gasteiger partial charge on any atom is 0.127 e. The van der Waals surface area contributed by atoms with Crippen molar-refractivity contribution in [1.29, 1.82) is 0 Å². The fourth-order valence-corrected chi connectivity index (χ4v) is 3.09. The quantitative estimate of drug-likeness (QED) is 0.400. The van der Waals surface area contributed by atoms with Crippen molar-refractivity contribution < 1.29 is 29.5 Å². The lowest BCUT2D eigenvalue weighted by Crippen LogP contribution is -3.28. The lowest BCUT2D eigenvalue weighted by atomic mass is 10.2. The molecule has 0 saturated carbocycles. The molecule has 4 N–H and O–H groups in total. The van der Waals surface area contributed by atoms with Gasteiger partial charge in [-0.15, -0.1) is 0 Å². The Kier molecular flexibility index (Phi) is 7.78. The standard InChI is InChI=1S/C17H28N2O4/c1-22-17-5-3-2-4-15(17)13-23-14-16(21)12-19-8-6-18(7-9-19)10-11-20/h2-5,16,20-21H,6-14H2,1H3/p+2/t16-/m0/s1. The molecule has 1 atom stereocenters. The van der Waals surface area contributed by atoms with Crippen molar-refractivity contribution in [1.82, 2.24) is 0 Å². The first-order chi connectivity index (χ1) is 11.2. The van der Waals surface area contributed by atoms with E-state index in [0.29, 0.717) is 13.2 Å². The molecular formula is C17H30N2O4+2. The largest absolute Gasteiger partial charge is 0.496 e. The summed E-state index contributed by atoms with van der Waals surface area (Å²) in [6.07, 6.45) is -0.445. The van der Waals surface area contributed by atoms with E-state index in [9.17, 15) is 5.11 Å². The van der Waals surface area contributed by atoms with Gasteiger partial charge in [0, 0.05) is 5.56 Å². The number of hydrogen-bond donors (Lipinski definition) is 4. The zero-order valence-corrected chi connectivity index (χ0v) is 14.0. The van der Waals surface area contributed by atoms with E-state index in [-0.39, 0.29) is 6.61 Å². The number of ether oxygens (including phenoxy) is 2. The molecule has 6 nitrogen and oxygen atoms in total. The van der Waals surface area contributed by atoms with Crippen LogP contribution in [0.1, 0.15) is 5.56 Å². The van der Waals surface area contributed by atoms with Gasteiger partial charge in [-0.1, -0.05) is 18.2 Å². The number of benzene rings is 1. The second-order valence-electron chi connectivity index (χ2n) is 6.16. The summed E-state index contributed by atoms with van der Waals surface area (Å²) in [5, 5.41) is 19.1. The fraction of sp³-hybridized carbons (Fsp3) is 0.647. The number of quaternary nitrogens is 2. The van der Waals surface area contributed by atoms with Crippen molar-refractivity contribution in [2.75, 3.05) is 59.6 Å². The molecule has 0 aromatic heterocycles. The third kappa shape index (κ3) is 6.08. The third-order valence-electron chi connectivity index (χ3n) is 4.41. The Morgan fingerprint density at radius 3 is 2.52 bits per heavy atom. The Labute approximate surface area is 138 Å². The molecule has 0 bridgehead atoms. The predicted molar refractivity (Wildman–Crippen MR) is 86.9 cm³/mol. The molecule has 23 heavy (non-hydrogen) atoms. The number of para-hydroxylation sites is 1. The molecule has 0 unspecified atom stereocenters. The highest BCUT2D eigenvalue weighted by molar-refractivity contribution is 5.32. The molecule has 1 aliphatic rings. The normalized spacial score (nSPS) is 22.7. The summed E-state index contributed by atoms with van der Waals surface area (Å²) >= 11 is 0. The average molecular weight is 326 g/mol. The highest BCUT2D eigenvalue weighted by Crippen LogP contribution is 2.17. The molecule has 0 amide bonds. The number of methoxy groups -OCH3 is 1. The van der Waals surface area contributed by atoms with Crippen molar-refractivity contribution in [2.45, 2.75) is 12.7 Å². The number of aliphatic hydroxyl groups is 2. The van der Waals surface area contributed by atoms with Gasteiger partial charge in [-0.2, -0.15) is 0 Å². The predicted octanol–water partition coefficient (Wildman–Crippen LogP) is -2.65. The summed E-state index contributed by atoms with van der Waals surface area (Å²) in [6, 6.07) is 7.77. The van der Waals surface area contributed by atoms with Gasteiger partial charge in [0.05, 0.1) is 26.9 Å². The minimum Gasteiger partial charge on any atom is -0.496 e. The molecule has 1 aromatic rings. The van der Waals surface area contributed by atoms with Crippen LogP contribution in [0.4, 0.5) is 0 Å². The number of nitrogens with one attached hydrogen (secondary N) is 2. The van der Waals surface area contributed by atoms with Crippen molar-refractivity contribution in [3.05, 3.63) is 29.8 Å². The highest BCUT2D eigenvalue weighted by Gasteiger charge is 2.24. The van der Waals surface area contributed by atoms with Crippen molar-refractivity contribution >= 4 is 0 Å². The van der Waals surface area contributed by atoms with Crippen LogP contribution < -0.4 is 14.5 Å². The molecule has 1 saturated heterocycles. The zero-order chi connectivity index (χ0) is 16.5. The Morgan fingerprint density at radius 2 is 1.83 bits per heavy atom. The average Bonchev–Trinajstić information content (AvgIpc) is 2.57. The molecule has 0 radical (unpaired) electrons. The lowest BCUT2D eigenvalue weighted by Gasteiger charge is -2.30. The lowest BCUT2D eigenvalue weighted by molar-refractivity contribution is -1.01. The first-order valence-electron chi connectivity index (χ1n) is 8.38. The van der Waals surface area contributed by atoms with E-state index >= 15 is 0 Å². The van der Waals surface area contributed by atoms with Gasteiger partial charge >= 0.3 is 0 Å². The molecular weight excluding hydrogens is 296 g/mol.